The van der Waals surface area contributed by atoms with Gasteiger partial charge in [0, 0.05) is 43.8 Å². The molecule has 2 heterocycles. The molecule has 8 heteroatoms. The first-order valence-electron chi connectivity index (χ1n) is 10.1. The molecule has 156 valence electrons. The minimum atomic E-state index is -0.485. The van der Waals surface area contributed by atoms with Crippen LogP contribution in [-0.4, -0.2) is 73.1 Å². The van der Waals surface area contributed by atoms with Crippen molar-refractivity contribution in [2.45, 2.75) is 31.8 Å². The second-order valence-corrected chi connectivity index (χ2v) is 7.50. The Morgan fingerprint density at radius 2 is 2.11 bits per heavy atom. The number of anilines is 1. The molecule has 8 nitrogen and oxygen atoms in total. The van der Waals surface area contributed by atoms with Crippen LogP contribution in [0.25, 0.3) is 0 Å². The van der Waals surface area contributed by atoms with Crippen molar-refractivity contribution in [3.8, 4) is 11.5 Å². The van der Waals surface area contributed by atoms with E-state index in [0.717, 1.165) is 38.8 Å². The van der Waals surface area contributed by atoms with Crippen LogP contribution in [0.15, 0.2) is 12.1 Å². The maximum absolute atomic E-state index is 12.8. The van der Waals surface area contributed by atoms with Crippen molar-refractivity contribution in [2.24, 2.45) is 5.92 Å². The predicted molar refractivity (Wildman–Crippen MR) is 106 cm³/mol. The molecular formula is C20H31N3O5. The first-order valence-corrected chi connectivity index (χ1v) is 10.1. The van der Waals surface area contributed by atoms with Crippen molar-refractivity contribution >= 4 is 11.6 Å². The van der Waals surface area contributed by atoms with Crippen molar-refractivity contribution in [1.29, 1.82) is 0 Å². The second-order valence-electron chi connectivity index (χ2n) is 7.50. The van der Waals surface area contributed by atoms with Crippen molar-refractivity contribution in [2.75, 3.05) is 51.7 Å². The average molecular weight is 393 g/mol. The number of piperidine rings is 1. The van der Waals surface area contributed by atoms with E-state index >= 15 is 0 Å². The monoisotopic (exact) mass is 393 g/mol. The minimum Gasteiger partial charge on any atom is -0.489 e. The van der Waals surface area contributed by atoms with Gasteiger partial charge in [0.25, 0.3) is 5.91 Å². The van der Waals surface area contributed by atoms with Gasteiger partial charge in [-0.25, -0.2) is 0 Å². The summed E-state index contributed by atoms with van der Waals surface area (Å²) in [7, 11) is 0. The third-order valence-electron chi connectivity index (χ3n) is 5.33. The Labute approximate surface area is 165 Å². The number of fused-ring (bicyclic) bond motifs is 1. The van der Waals surface area contributed by atoms with Gasteiger partial charge in [0.2, 0.25) is 0 Å². The highest BCUT2D eigenvalue weighted by molar-refractivity contribution is 5.98. The summed E-state index contributed by atoms with van der Waals surface area (Å²) in [6.45, 7) is 3.97. The van der Waals surface area contributed by atoms with Crippen molar-refractivity contribution < 1.29 is 24.5 Å². The molecule has 2 aliphatic rings. The first-order chi connectivity index (χ1) is 13.6. The lowest BCUT2D eigenvalue weighted by Gasteiger charge is -2.36. The molecular weight excluding hydrogens is 362 g/mol. The number of hydrogen-bond donors (Lipinski definition) is 4. The van der Waals surface area contributed by atoms with Gasteiger partial charge in [-0.3, -0.25) is 4.79 Å². The molecule has 1 unspecified atom stereocenters. The van der Waals surface area contributed by atoms with E-state index in [0.29, 0.717) is 49.1 Å². The molecule has 0 radical (unpaired) electrons. The van der Waals surface area contributed by atoms with Crippen LogP contribution in [0.3, 0.4) is 0 Å². The Hall–Kier alpha value is -2.03. The van der Waals surface area contributed by atoms with Gasteiger partial charge in [0.15, 0.2) is 11.5 Å². The summed E-state index contributed by atoms with van der Waals surface area (Å²) in [6.07, 6.45) is 2.78. The van der Waals surface area contributed by atoms with Crippen LogP contribution in [0.4, 0.5) is 5.69 Å². The number of carbonyl (C=O) groups is 1. The number of nitrogens with zero attached hydrogens (tertiary/aromatic N) is 1. The quantitative estimate of drug-likeness (QED) is 0.396. The fraction of sp³-hybridized carbons (Fsp3) is 0.650. The highest BCUT2D eigenvalue weighted by atomic mass is 16.5. The Morgan fingerprint density at radius 1 is 1.29 bits per heavy atom. The van der Waals surface area contributed by atoms with E-state index in [2.05, 4.69) is 10.2 Å². The fourth-order valence-corrected chi connectivity index (χ4v) is 3.72. The van der Waals surface area contributed by atoms with Crippen molar-refractivity contribution in [1.82, 2.24) is 10.2 Å². The molecule has 1 saturated heterocycles. The fourth-order valence-electron chi connectivity index (χ4n) is 3.72. The zero-order valence-corrected chi connectivity index (χ0v) is 16.2. The molecule has 5 N–H and O–H groups in total. The van der Waals surface area contributed by atoms with Crippen molar-refractivity contribution in [3.63, 3.8) is 0 Å². The number of nitrogen functional groups attached to an aromatic ring is 1. The topological polar surface area (TPSA) is 117 Å². The number of unbranched alkanes of at least 4 members (excludes halogenated alkanes) is 1. The molecule has 0 aromatic heterocycles. The van der Waals surface area contributed by atoms with Gasteiger partial charge in [-0.2, -0.15) is 0 Å². The number of ether oxygens (including phenoxy) is 2. The van der Waals surface area contributed by atoms with Gasteiger partial charge in [-0.1, -0.05) is 0 Å². The van der Waals surface area contributed by atoms with Gasteiger partial charge in [-0.15, -0.1) is 0 Å². The maximum Gasteiger partial charge on any atom is 0.255 e. The lowest BCUT2D eigenvalue weighted by atomic mass is 9.93. The van der Waals surface area contributed by atoms with Crippen LogP contribution in [-0.2, 0) is 0 Å². The number of nitrogens with two attached hydrogens (primary N) is 1. The van der Waals surface area contributed by atoms with E-state index in [1.807, 2.05) is 0 Å². The molecule has 0 spiro atoms. The summed E-state index contributed by atoms with van der Waals surface area (Å²) < 4.78 is 11.4. The number of rotatable bonds is 7. The molecule has 3 rings (SSSR count). The van der Waals surface area contributed by atoms with Crippen LogP contribution in [0.5, 0.6) is 11.5 Å². The summed E-state index contributed by atoms with van der Waals surface area (Å²) in [5.41, 5.74) is 6.74. The van der Waals surface area contributed by atoms with Gasteiger partial charge in [-0.05, 0) is 38.4 Å². The van der Waals surface area contributed by atoms with E-state index in [-0.39, 0.29) is 18.4 Å². The summed E-state index contributed by atoms with van der Waals surface area (Å²) in [5, 5.41) is 22.2. The maximum atomic E-state index is 12.8. The smallest absolute Gasteiger partial charge is 0.255 e. The van der Waals surface area contributed by atoms with Gasteiger partial charge >= 0.3 is 0 Å². The van der Waals surface area contributed by atoms with E-state index < -0.39 is 6.10 Å². The Bertz CT molecular complexity index is 669. The largest absolute Gasteiger partial charge is 0.489 e. The Balaban J connectivity index is 1.56. The van der Waals surface area contributed by atoms with Crippen LogP contribution >= 0.6 is 0 Å². The summed E-state index contributed by atoms with van der Waals surface area (Å²) >= 11 is 0. The number of amides is 1. The van der Waals surface area contributed by atoms with Crippen LogP contribution < -0.4 is 20.5 Å². The highest BCUT2D eigenvalue weighted by Gasteiger charge is 2.28. The standard InChI is InChI=1S/C20H31N3O5/c21-15-10-16(19-18(11-15)27-8-3-9-28-19)20(26)22-12-14-4-6-23(13-17(14)25)5-1-2-7-24/h10-11,14,17,24-25H,1-9,12-13,21H2,(H,22,26)/t14-,17?/m0/s1. The van der Waals surface area contributed by atoms with E-state index in [1.165, 1.54) is 0 Å². The number of likely N-dealkylation sites (tertiary alicyclic amines) is 1. The van der Waals surface area contributed by atoms with Gasteiger partial charge in [0.05, 0.1) is 24.9 Å². The number of aliphatic hydroxyl groups excluding tert-OH is 2. The molecule has 0 bridgehead atoms. The predicted octanol–water partition coefficient (Wildman–Crippen LogP) is 0.615. The molecule has 0 saturated carbocycles. The number of carbonyl (C=O) groups excluding carboxylic acids is 1. The molecule has 2 aliphatic heterocycles. The van der Waals surface area contributed by atoms with Gasteiger partial charge < -0.3 is 35.6 Å². The second kappa shape index (κ2) is 9.95. The van der Waals surface area contributed by atoms with E-state index in [4.69, 9.17) is 20.3 Å². The van der Waals surface area contributed by atoms with E-state index in [9.17, 15) is 9.90 Å². The summed E-state index contributed by atoms with van der Waals surface area (Å²) in [4.78, 5) is 15.0. The lowest BCUT2D eigenvalue weighted by Crippen LogP contribution is -2.47. The van der Waals surface area contributed by atoms with Crippen molar-refractivity contribution in [3.05, 3.63) is 17.7 Å². The molecule has 1 amide bonds. The molecule has 28 heavy (non-hydrogen) atoms. The van der Waals surface area contributed by atoms with E-state index in [1.54, 1.807) is 12.1 Å². The van der Waals surface area contributed by atoms with Crippen LogP contribution in [0, 0.1) is 5.92 Å². The zero-order chi connectivity index (χ0) is 19.9. The first kappa shape index (κ1) is 20.7. The highest BCUT2D eigenvalue weighted by Crippen LogP contribution is 2.35. The third-order valence-corrected chi connectivity index (χ3v) is 5.33. The number of benzene rings is 1. The molecule has 2 atom stereocenters. The number of hydrogen-bond acceptors (Lipinski definition) is 7. The average Bonchev–Trinajstić information content (AvgIpc) is 2.92. The zero-order valence-electron chi connectivity index (χ0n) is 16.2. The van der Waals surface area contributed by atoms with Crippen LogP contribution in [0.2, 0.25) is 0 Å². The Morgan fingerprint density at radius 3 is 2.89 bits per heavy atom. The van der Waals surface area contributed by atoms with Gasteiger partial charge in [0.1, 0.15) is 0 Å². The lowest BCUT2D eigenvalue weighted by molar-refractivity contribution is 0.0212. The minimum absolute atomic E-state index is 0.00914. The summed E-state index contributed by atoms with van der Waals surface area (Å²) in [6, 6.07) is 3.27. The third kappa shape index (κ3) is 5.27. The molecule has 1 aromatic rings. The number of β-amino-alcohol motifs (C(OH)–C–C–N with tert-alkyl or cyclic N) is 1. The SMILES string of the molecule is Nc1cc2c(c(C(=O)NC[C@@H]3CCN(CCCCO)CC3O)c1)OCCCO2. The number of nitrogens with one attached hydrogen (secondary N) is 1. The normalized spacial score (nSPS) is 22.5. The molecule has 0 aliphatic carbocycles. The summed E-state index contributed by atoms with van der Waals surface area (Å²) in [5.74, 6) is 0.670. The molecule has 1 aromatic carbocycles. The Kier molecular flexibility index (Phi) is 7.36. The molecule has 1 fully saturated rings. The number of aliphatic hydroxyl groups is 2. The van der Waals surface area contributed by atoms with Crippen LogP contribution in [0.1, 0.15) is 36.0 Å².